The van der Waals surface area contributed by atoms with E-state index in [4.69, 9.17) is 0 Å². The lowest BCUT2D eigenvalue weighted by Crippen LogP contribution is -2.01. The van der Waals surface area contributed by atoms with Gasteiger partial charge in [-0.1, -0.05) is 22.0 Å². The summed E-state index contributed by atoms with van der Waals surface area (Å²) in [5, 5.41) is 4.23. The molecular formula is C15H9BrF3N3. The van der Waals surface area contributed by atoms with Crippen molar-refractivity contribution in [1.82, 2.24) is 14.8 Å². The summed E-state index contributed by atoms with van der Waals surface area (Å²) in [5.74, 6) is -3.38. The van der Waals surface area contributed by atoms with Crippen LogP contribution >= 0.6 is 15.9 Å². The number of benzene rings is 2. The zero-order valence-corrected chi connectivity index (χ0v) is 12.9. The normalized spacial score (nSPS) is 11.0. The first-order chi connectivity index (χ1) is 10.5. The number of hydrogen-bond acceptors (Lipinski definition) is 2. The van der Waals surface area contributed by atoms with Crippen LogP contribution in [-0.2, 0) is 0 Å². The molecule has 0 bridgehead atoms. The zero-order valence-electron chi connectivity index (χ0n) is 11.3. The van der Waals surface area contributed by atoms with Crippen LogP contribution < -0.4 is 0 Å². The van der Waals surface area contributed by atoms with Gasteiger partial charge in [0.1, 0.15) is 5.82 Å². The molecule has 3 nitrogen and oxygen atoms in total. The molecule has 0 saturated carbocycles. The van der Waals surface area contributed by atoms with E-state index in [1.54, 1.807) is 25.1 Å². The Kier molecular flexibility index (Phi) is 3.74. The maximum Gasteiger partial charge on any atom is 0.194 e. The molecule has 0 aliphatic rings. The molecule has 0 saturated heterocycles. The molecule has 112 valence electrons. The first-order valence-corrected chi connectivity index (χ1v) is 7.09. The first kappa shape index (κ1) is 14.8. The van der Waals surface area contributed by atoms with Gasteiger partial charge in [-0.3, -0.25) is 0 Å². The zero-order chi connectivity index (χ0) is 15.9. The Morgan fingerprint density at radius 3 is 2.36 bits per heavy atom. The molecule has 0 atom stereocenters. The molecule has 0 aliphatic carbocycles. The number of aromatic nitrogens is 3. The van der Waals surface area contributed by atoms with Crippen LogP contribution in [0.1, 0.15) is 5.82 Å². The summed E-state index contributed by atoms with van der Waals surface area (Å²) in [6, 6.07) is 9.00. The van der Waals surface area contributed by atoms with E-state index in [-0.39, 0.29) is 11.4 Å². The molecule has 0 radical (unpaired) electrons. The quantitative estimate of drug-likeness (QED) is 0.627. The molecule has 0 spiro atoms. The van der Waals surface area contributed by atoms with Crippen LogP contribution in [0.2, 0.25) is 0 Å². The minimum absolute atomic E-state index is 0.108. The molecular weight excluding hydrogens is 359 g/mol. The molecule has 1 heterocycles. The molecule has 0 fully saturated rings. The lowest BCUT2D eigenvalue weighted by atomic mass is 10.2. The van der Waals surface area contributed by atoms with Gasteiger partial charge in [-0.05, 0) is 37.3 Å². The Morgan fingerprint density at radius 1 is 1.05 bits per heavy atom. The van der Waals surface area contributed by atoms with E-state index in [0.717, 1.165) is 16.6 Å². The van der Waals surface area contributed by atoms with Crippen molar-refractivity contribution in [2.75, 3.05) is 0 Å². The molecule has 0 amide bonds. The maximum atomic E-state index is 13.5. The predicted octanol–water partition coefficient (Wildman–Crippen LogP) is 4.42. The van der Waals surface area contributed by atoms with Crippen LogP contribution in [0.4, 0.5) is 13.2 Å². The second kappa shape index (κ2) is 5.57. The van der Waals surface area contributed by atoms with Crippen molar-refractivity contribution in [3.05, 3.63) is 64.1 Å². The summed E-state index contributed by atoms with van der Waals surface area (Å²) >= 11 is 3.35. The van der Waals surface area contributed by atoms with Crippen LogP contribution in [0.3, 0.4) is 0 Å². The fourth-order valence-electron chi connectivity index (χ4n) is 2.07. The molecule has 0 unspecified atom stereocenters. The molecule has 0 aliphatic heterocycles. The van der Waals surface area contributed by atoms with Crippen molar-refractivity contribution in [2.45, 2.75) is 6.92 Å². The minimum atomic E-state index is -1.51. The fraction of sp³-hybridized carbons (Fsp3) is 0.0667. The Morgan fingerprint density at radius 2 is 1.73 bits per heavy atom. The van der Waals surface area contributed by atoms with Crippen LogP contribution in [0, 0.1) is 24.4 Å². The van der Waals surface area contributed by atoms with E-state index < -0.39 is 17.5 Å². The van der Waals surface area contributed by atoms with Crippen molar-refractivity contribution in [3.63, 3.8) is 0 Å². The van der Waals surface area contributed by atoms with E-state index in [2.05, 4.69) is 26.0 Å². The molecule has 1 aromatic heterocycles. The van der Waals surface area contributed by atoms with Gasteiger partial charge in [-0.2, -0.15) is 5.10 Å². The highest BCUT2D eigenvalue weighted by molar-refractivity contribution is 9.10. The minimum Gasteiger partial charge on any atom is -0.213 e. The van der Waals surface area contributed by atoms with E-state index in [1.807, 2.05) is 6.07 Å². The largest absolute Gasteiger partial charge is 0.213 e. The summed E-state index contributed by atoms with van der Waals surface area (Å²) in [7, 11) is 0. The van der Waals surface area contributed by atoms with Gasteiger partial charge in [-0.15, -0.1) is 0 Å². The number of nitrogens with zero attached hydrogens (tertiary/aromatic N) is 3. The molecule has 22 heavy (non-hydrogen) atoms. The van der Waals surface area contributed by atoms with Crippen LogP contribution in [-0.4, -0.2) is 14.8 Å². The summed E-state index contributed by atoms with van der Waals surface area (Å²) in [5.41, 5.74) is 0.770. The smallest absolute Gasteiger partial charge is 0.194 e. The van der Waals surface area contributed by atoms with E-state index in [0.29, 0.717) is 11.5 Å². The van der Waals surface area contributed by atoms with E-state index in [1.165, 1.54) is 4.68 Å². The average Bonchev–Trinajstić information content (AvgIpc) is 2.86. The van der Waals surface area contributed by atoms with Gasteiger partial charge >= 0.3 is 0 Å². The third kappa shape index (κ3) is 2.64. The topological polar surface area (TPSA) is 30.7 Å². The lowest BCUT2D eigenvalue weighted by molar-refractivity contribution is 0.447. The Hall–Kier alpha value is -2.15. The Labute approximate surface area is 132 Å². The monoisotopic (exact) mass is 367 g/mol. The summed E-state index contributed by atoms with van der Waals surface area (Å²) in [6.07, 6.45) is 0. The Balaban J connectivity index is 2.21. The summed E-state index contributed by atoms with van der Waals surface area (Å²) < 4.78 is 42.3. The van der Waals surface area contributed by atoms with Crippen molar-refractivity contribution < 1.29 is 13.2 Å². The summed E-state index contributed by atoms with van der Waals surface area (Å²) in [6.45, 7) is 1.66. The van der Waals surface area contributed by atoms with Crippen LogP contribution in [0.15, 0.2) is 40.9 Å². The average molecular weight is 368 g/mol. The van der Waals surface area contributed by atoms with Crippen LogP contribution in [0.25, 0.3) is 17.1 Å². The van der Waals surface area contributed by atoms with Gasteiger partial charge in [0.15, 0.2) is 23.3 Å². The number of hydrogen-bond donors (Lipinski definition) is 0. The van der Waals surface area contributed by atoms with Crippen LogP contribution in [0.5, 0.6) is 0 Å². The highest BCUT2D eigenvalue weighted by atomic mass is 79.9. The van der Waals surface area contributed by atoms with Gasteiger partial charge in [0.05, 0.1) is 5.69 Å². The highest BCUT2D eigenvalue weighted by Gasteiger charge is 2.17. The highest BCUT2D eigenvalue weighted by Crippen LogP contribution is 2.25. The molecule has 2 aromatic carbocycles. The summed E-state index contributed by atoms with van der Waals surface area (Å²) in [4.78, 5) is 4.18. The lowest BCUT2D eigenvalue weighted by Gasteiger charge is -2.07. The SMILES string of the molecule is Cc1nc(-c2cc(F)c(F)c(F)c2)n(-c2cccc(Br)c2)n1. The third-order valence-electron chi connectivity index (χ3n) is 3.01. The van der Waals surface area contributed by atoms with E-state index >= 15 is 0 Å². The molecule has 0 N–H and O–H groups in total. The van der Waals surface area contributed by atoms with Crippen molar-refractivity contribution in [3.8, 4) is 17.1 Å². The van der Waals surface area contributed by atoms with Gasteiger partial charge in [-0.25, -0.2) is 22.8 Å². The molecule has 3 aromatic rings. The van der Waals surface area contributed by atoms with Gasteiger partial charge in [0, 0.05) is 10.0 Å². The fourth-order valence-corrected chi connectivity index (χ4v) is 2.46. The predicted molar refractivity (Wildman–Crippen MR) is 79.1 cm³/mol. The van der Waals surface area contributed by atoms with Gasteiger partial charge in [0.25, 0.3) is 0 Å². The van der Waals surface area contributed by atoms with E-state index in [9.17, 15) is 13.2 Å². The van der Waals surface area contributed by atoms with Crippen molar-refractivity contribution in [1.29, 1.82) is 0 Å². The number of halogens is 4. The maximum absolute atomic E-state index is 13.5. The van der Waals surface area contributed by atoms with Gasteiger partial charge < -0.3 is 0 Å². The number of rotatable bonds is 2. The number of aryl methyl sites for hydroxylation is 1. The van der Waals surface area contributed by atoms with Gasteiger partial charge in [0.2, 0.25) is 0 Å². The first-order valence-electron chi connectivity index (χ1n) is 6.30. The van der Waals surface area contributed by atoms with Crippen molar-refractivity contribution >= 4 is 15.9 Å². The second-order valence-electron chi connectivity index (χ2n) is 4.63. The molecule has 3 rings (SSSR count). The third-order valence-corrected chi connectivity index (χ3v) is 3.50. The molecule has 7 heteroatoms. The second-order valence-corrected chi connectivity index (χ2v) is 5.54. The van der Waals surface area contributed by atoms with Crippen molar-refractivity contribution in [2.24, 2.45) is 0 Å². The standard InChI is InChI=1S/C15H9BrF3N3/c1-8-20-15(9-5-12(17)14(19)13(18)6-9)22(21-8)11-4-2-3-10(16)7-11/h2-7H,1H3. The Bertz CT molecular complexity index is 838.